The van der Waals surface area contributed by atoms with Gasteiger partial charge >= 0.3 is 6.03 Å². The van der Waals surface area contributed by atoms with Gasteiger partial charge in [-0.15, -0.1) is 0 Å². The second kappa shape index (κ2) is 11.1. The number of urea groups is 1. The standard InChI is InChI=1S/C31H40FN3O2/c32-24-13-12-23-18-22-8-6-7-11-27(22)29-20-26(37-30(29)28(23)19-24)21-34-14-16-35(17-15-34)31(36)33-25-9-4-2-1-3-5-10-25/h6-8,11-13,19,25-26,29-30H,1-5,9-10,14-18,20-21H2,(H,33,36)/t26-,29-,30+/m1/s1. The van der Waals surface area contributed by atoms with Crippen LogP contribution in [-0.2, 0) is 11.2 Å². The Hall–Kier alpha value is -2.44. The van der Waals surface area contributed by atoms with E-state index in [0.29, 0.717) is 6.04 Å². The third-order valence-electron chi connectivity index (χ3n) is 9.03. The molecule has 3 fully saturated rings. The van der Waals surface area contributed by atoms with Crippen molar-refractivity contribution in [3.8, 4) is 0 Å². The maximum Gasteiger partial charge on any atom is 0.317 e. The maximum atomic E-state index is 14.3. The van der Waals surface area contributed by atoms with Crippen molar-refractivity contribution in [2.75, 3.05) is 32.7 Å². The minimum absolute atomic E-state index is 0.102. The van der Waals surface area contributed by atoms with Crippen molar-refractivity contribution in [3.05, 3.63) is 70.5 Å². The van der Waals surface area contributed by atoms with Crippen LogP contribution in [0, 0.1) is 5.82 Å². The number of benzene rings is 2. The number of hydrogen-bond acceptors (Lipinski definition) is 3. The highest BCUT2D eigenvalue weighted by atomic mass is 19.1. The SMILES string of the molecule is O=C(NC1CCCCCCC1)N1CCN(C[C@H]2C[C@@H]3c4ccccc4Cc4ccc(F)cc4[C@@H]3O2)CC1. The Labute approximate surface area is 220 Å². The normalized spacial score (nSPS) is 26.8. The summed E-state index contributed by atoms with van der Waals surface area (Å²) in [5, 5.41) is 3.32. The summed E-state index contributed by atoms with van der Waals surface area (Å²) >= 11 is 0. The van der Waals surface area contributed by atoms with Crippen molar-refractivity contribution < 1.29 is 13.9 Å². The van der Waals surface area contributed by atoms with Gasteiger partial charge in [0.05, 0.1) is 12.2 Å². The van der Waals surface area contributed by atoms with Crippen LogP contribution in [0.4, 0.5) is 9.18 Å². The number of piperazine rings is 1. The lowest BCUT2D eigenvalue weighted by atomic mass is 9.87. The molecular weight excluding hydrogens is 465 g/mol. The van der Waals surface area contributed by atoms with E-state index in [2.05, 4.69) is 34.5 Å². The van der Waals surface area contributed by atoms with Crippen LogP contribution in [0.15, 0.2) is 42.5 Å². The van der Waals surface area contributed by atoms with Crippen molar-refractivity contribution in [3.63, 3.8) is 0 Å². The van der Waals surface area contributed by atoms with E-state index in [4.69, 9.17) is 4.74 Å². The van der Waals surface area contributed by atoms with Crippen LogP contribution >= 0.6 is 0 Å². The van der Waals surface area contributed by atoms with Crippen LogP contribution in [-0.4, -0.2) is 60.7 Å². The number of nitrogens with zero attached hydrogens (tertiary/aromatic N) is 2. The van der Waals surface area contributed by atoms with Crippen molar-refractivity contribution in [1.82, 2.24) is 15.1 Å². The predicted octanol–water partition coefficient (Wildman–Crippen LogP) is 5.78. The van der Waals surface area contributed by atoms with Crippen LogP contribution < -0.4 is 5.32 Å². The van der Waals surface area contributed by atoms with Gasteiger partial charge in [0.2, 0.25) is 0 Å². The summed E-state index contributed by atoms with van der Waals surface area (Å²) in [7, 11) is 0. The zero-order chi connectivity index (χ0) is 25.2. The number of fused-ring (bicyclic) bond motifs is 5. The minimum atomic E-state index is -0.190. The van der Waals surface area contributed by atoms with E-state index in [1.165, 1.54) is 48.8 Å². The lowest BCUT2D eigenvalue weighted by Crippen LogP contribution is -2.54. The molecule has 198 valence electrons. The molecule has 2 saturated heterocycles. The predicted molar refractivity (Wildman–Crippen MR) is 143 cm³/mol. The van der Waals surface area contributed by atoms with Crippen LogP contribution in [0.5, 0.6) is 0 Å². The van der Waals surface area contributed by atoms with Crippen LogP contribution in [0.2, 0.25) is 0 Å². The number of hydrogen-bond donors (Lipinski definition) is 1. The molecule has 6 heteroatoms. The van der Waals surface area contributed by atoms with Gasteiger partial charge in [-0.1, -0.05) is 62.4 Å². The third-order valence-corrected chi connectivity index (χ3v) is 9.03. The fourth-order valence-electron chi connectivity index (χ4n) is 7.00. The lowest BCUT2D eigenvalue weighted by molar-refractivity contribution is 0.0116. The second-order valence-electron chi connectivity index (χ2n) is 11.5. The first-order valence-corrected chi connectivity index (χ1v) is 14.4. The summed E-state index contributed by atoms with van der Waals surface area (Å²) in [6.07, 6.45) is 10.4. The van der Waals surface area contributed by atoms with E-state index in [-0.39, 0.29) is 30.0 Å². The number of ether oxygens (including phenoxy) is 1. The number of amides is 2. The quantitative estimate of drug-likeness (QED) is 0.575. The van der Waals surface area contributed by atoms with Crippen molar-refractivity contribution in [2.24, 2.45) is 0 Å². The molecule has 2 aromatic rings. The number of halogens is 1. The van der Waals surface area contributed by atoms with E-state index in [1.807, 2.05) is 11.0 Å². The van der Waals surface area contributed by atoms with Crippen LogP contribution in [0.3, 0.4) is 0 Å². The molecule has 2 aromatic carbocycles. The van der Waals surface area contributed by atoms with Gasteiger partial charge in [0, 0.05) is 44.7 Å². The molecular formula is C31H40FN3O2. The first-order valence-electron chi connectivity index (χ1n) is 14.4. The van der Waals surface area contributed by atoms with Gasteiger partial charge in [-0.2, -0.15) is 0 Å². The molecule has 0 unspecified atom stereocenters. The molecule has 2 amide bonds. The Bertz CT molecular complexity index is 1090. The fraction of sp³-hybridized carbons (Fsp3) is 0.581. The highest BCUT2D eigenvalue weighted by molar-refractivity contribution is 5.74. The molecule has 0 bridgehead atoms. The Morgan fingerprint density at radius 3 is 2.46 bits per heavy atom. The summed E-state index contributed by atoms with van der Waals surface area (Å²) in [5.41, 5.74) is 4.86. The first-order chi connectivity index (χ1) is 18.1. The Balaban J connectivity index is 1.07. The number of nitrogens with one attached hydrogen (secondary N) is 1. The number of carbonyl (C=O) groups excluding carboxylic acids is 1. The molecule has 0 spiro atoms. The van der Waals surface area contributed by atoms with E-state index in [1.54, 1.807) is 12.1 Å². The van der Waals surface area contributed by atoms with Gasteiger partial charge in [0.15, 0.2) is 0 Å². The molecule has 2 heterocycles. The van der Waals surface area contributed by atoms with Gasteiger partial charge in [0.1, 0.15) is 5.82 Å². The fourth-order valence-corrected chi connectivity index (χ4v) is 7.00. The summed E-state index contributed by atoms with van der Waals surface area (Å²) in [4.78, 5) is 17.3. The van der Waals surface area contributed by atoms with Gasteiger partial charge in [-0.05, 0) is 60.1 Å². The molecule has 1 saturated carbocycles. The van der Waals surface area contributed by atoms with Crippen LogP contribution in [0.1, 0.15) is 85.6 Å². The third kappa shape index (κ3) is 5.56. The molecule has 2 aliphatic heterocycles. The van der Waals surface area contributed by atoms with E-state index in [0.717, 1.165) is 64.0 Å². The number of carbonyl (C=O) groups is 1. The molecule has 6 rings (SSSR count). The highest BCUT2D eigenvalue weighted by Crippen LogP contribution is 2.49. The molecule has 2 aliphatic carbocycles. The maximum absolute atomic E-state index is 14.3. The lowest BCUT2D eigenvalue weighted by Gasteiger charge is -2.36. The summed E-state index contributed by atoms with van der Waals surface area (Å²) in [5.74, 6) is 0.0596. The Morgan fingerprint density at radius 2 is 1.65 bits per heavy atom. The van der Waals surface area contributed by atoms with Gasteiger partial charge in [0.25, 0.3) is 0 Å². The molecule has 5 nitrogen and oxygen atoms in total. The molecule has 4 aliphatic rings. The topological polar surface area (TPSA) is 44.8 Å². The average Bonchev–Trinajstić information content (AvgIpc) is 3.25. The molecule has 1 N–H and O–H groups in total. The monoisotopic (exact) mass is 505 g/mol. The Kier molecular flexibility index (Phi) is 7.48. The van der Waals surface area contributed by atoms with E-state index in [9.17, 15) is 9.18 Å². The summed E-state index contributed by atoms with van der Waals surface area (Å²) < 4.78 is 21.0. The van der Waals surface area contributed by atoms with Gasteiger partial charge < -0.3 is 15.0 Å². The number of rotatable bonds is 3. The van der Waals surface area contributed by atoms with Crippen LogP contribution in [0.25, 0.3) is 0 Å². The molecule has 37 heavy (non-hydrogen) atoms. The molecule has 3 atom stereocenters. The molecule has 0 aromatic heterocycles. The van der Waals surface area contributed by atoms with E-state index >= 15 is 0 Å². The van der Waals surface area contributed by atoms with Crippen molar-refractivity contribution >= 4 is 6.03 Å². The second-order valence-corrected chi connectivity index (χ2v) is 11.5. The highest BCUT2D eigenvalue weighted by Gasteiger charge is 2.41. The van der Waals surface area contributed by atoms with E-state index < -0.39 is 0 Å². The first kappa shape index (κ1) is 24.9. The largest absolute Gasteiger partial charge is 0.368 e. The zero-order valence-corrected chi connectivity index (χ0v) is 21.8. The molecule has 0 radical (unpaired) electrons. The summed E-state index contributed by atoms with van der Waals surface area (Å²) in [6.45, 7) is 4.12. The van der Waals surface area contributed by atoms with Crippen molar-refractivity contribution in [1.29, 1.82) is 0 Å². The Morgan fingerprint density at radius 1 is 0.919 bits per heavy atom. The zero-order valence-electron chi connectivity index (χ0n) is 21.8. The smallest absolute Gasteiger partial charge is 0.317 e. The van der Waals surface area contributed by atoms with Crippen molar-refractivity contribution in [2.45, 2.75) is 82.0 Å². The van der Waals surface area contributed by atoms with Gasteiger partial charge in [-0.3, -0.25) is 4.90 Å². The summed E-state index contributed by atoms with van der Waals surface area (Å²) in [6, 6.07) is 14.3. The average molecular weight is 506 g/mol. The van der Waals surface area contributed by atoms with Gasteiger partial charge in [-0.25, -0.2) is 9.18 Å². The minimum Gasteiger partial charge on any atom is -0.368 e.